The number of aromatic amines is 1. The van der Waals surface area contributed by atoms with E-state index in [0.29, 0.717) is 35.7 Å². The van der Waals surface area contributed by atoms with Gasteiger partial charge in [0.1, 0.15) is 11.5 Å². The Labute approximate surface area is 139 Å². The first-order valence-corrected chi connectivity index (χ1v) is 7.64. The van der Waals surface area contributed by atoms with E-state index in [1.54, 1.807) is 20.3 Å². The molecule has 0 aliphatic carbocycles. The molecule has 3 rings (SSSR count). The van der Waals surface area contributed by atoms with Gasteiger partial charge in [-0.2, -0.15) is 0 Å². The van der Waals surface area contributed by atoms with Crippen LogP contribution in [-0.2, 0) is 13.1 Å². The van der Waals surface area contributed by atoms with E-state index in [0.717, 1.165) is 16.9 Å². The highest BCUT2D eigenvalue weighted by Crippen LogP contribution is 2.30. The summed E-state index contributed by atoms with van der Waals surface area (Å²) >= 11 is 0. The lowest BCUT2D eigenvalue weighted by Crippen LogP contribution is -2.20. The second-order valence-corrected chi connectivity index (χ2v) is 5.53. The van der Waals surface area contributed by atoms with Gasteiger partial charge in [0, 0.05) is 23.6 Å². The maximum atomic E-state index is 12.2. The van der Waals surface area contributed by atoms with Crippen molar-refractivity contribution in [3.8, 4) is 11.5 Å². The normalized spacial score (nSPS) is 11.0. The van der Waals surface area contributed by atoms with Crippen LogP contribution in [0.1, 0.15) is 17.1 Å². The third-order valence-corrected chi connectivity index (χ3v) is 3.84. The number of furan rings is 1. The summed E-state index contributed by atoms with van der Waals surface area (Å²) in [6, 6.07) is 9.31. The van der Waals surface area contributed by atoms with Crippen LogP contribution in [0.3, 0.4) is 0 Å². The van der Waals surface area contributed by atoms with E-state index in [1.807, 2.05) is 31.2 Å². The molecule has 0 radical (unpaired) electrons. The number of hydrogen-bond acceptors (Lipinski definition) is 5. The van der Waals surface area contributed by atoms with Crippen LogP contribution in [0.4, 0.5) is 0 Å². The Bertz CT molecular complexity index is 911. The smallest absolute Gasteiger partial charge is 0.252 e. The van der Waals surface area contributed by atoms with Gasteiger partial charge in [-0.1, -0.05) is 0 Å². The van der Waals surface area contributed by atoms with Crippen molar-refractivity contribution in [3.05, 3.63) is 57.8 Å². The van der Waals surface area contributed by atoms with Gasteiger partial charge in [0.05, 0.1) is 26.3 Å². The number of rotatable bonds is 6. The van der Waals surface area contributed by atoms with Crippen molar-refractivity contribution in [2.24, 2.45) is 0 Å². The fourth-order valence-corrected chi connectivity index (χ4v) is 2.61. The lowest BCUT2D eigenvalue weighted by molar-refractivity contribution is 0.356. The lowest BCUT2D eigenvalue weighted by atomic mass is 10.1. The molecule has 0 saturated carbocycles. The van der Waals surface area contributed by atoms with Gasteiger partial charge < -0.3 is 24.2 Å². The van der Waals surface area contributed by atoms with Gasteiger partial charge in [-0.15, -0.1) is 0 Å². The molecule has 0 unspecified atom stereocenters. The molecule has 2 heterocycles. The Morgan fingerprint density at radius 1 is 1.08 bits per heavy atom. The summed E-state index contributed by atoms with van der Waals surface area (Å²) in [6.45, 7) is 2.91. The fraction of sp³-hybridized carbons (Fsp3) is 0.278. The molecule has 1 aromatic carbocycles. The van der Waals surface area contributed by atoms with Gasteiger partial charge in [0.2, 0.25) is 0 Å². The van der Waals surface area contributed by atoms with Crippen LogP contribution in [0.2, 0.25) is 0 Å². The van der Waals surface area contributed by atoms with Crippen LogP contribution in [0.15, 0.2) is 39.5 Å². The molecule has 6 nitrogen and oxygen atoms in total. The number of aryl methyl sites for hydroxylation is 1. The summed E-state index contributed by atoms with van der Waals surface area (Å²) < 4.78 is 16.1. The van der Waals surface area contributed by atoms with Crippen molar-refractivity contribution in [1.82, 2.24) is 10.3 Å². The van der Waals surface area contributed by atoms with Crippen LogP contribution in [0.5, 0.6) is 11.5 Å². The van der Waals surface area contributed by atoms with Crippen molar-refractivity contribution in [3.63, 3.8) is 0 Å². The van der Waals surface area contributed by atoms with Crippen LogP contribution in [-0.4, -0.2) is 19.2 Å². The number of hydrogen-bond donors (Lipinski definition) is 2. The molecule has 2 N–H and O–H groups in total. The Kier molecular flexibility index (Phi) is 4.57. The van der Waals surface area contributed by atoms with Crippen molar-refractivity contribution in [2.45, 2.75) is 20.0 Å². The third kappa shape index (κ3) is 3.28. The predicted molar refractivity (Wildman–Crippen MR) is 91.7 cm³/mol. The molecule has 2 aromatic heterocycles. The number of ether oxygens (including phenoxy) is 2. The van der Waals surface area contributed by atoms with Crippen LogP contribution in [0, 0.1) is 6.92 Å². The fourth-order valence-electron chi connectivity index (χ4n) is 2.61. The monoisotopic (exact) mass is 328 g/mol. The first-order valence-electron chi connectivity index (χ1n) is 7.64. The summed E-state index contributed by atoms with van der Waals surface area (Å²) in [5, 5.41) is 4.11. The van der Waals surface area contributed by atoms with Crippen molar-refractivity contribution >= 4 is 10.9 Å². The molecule has 3 aromatic rings. The molecule has 24 heavy (non-hydrogen) atoms. The molecular weight excluding hydrogens is 308 g/mol. The van der Waals surface area contributed by atoms with Crippen LogP contribution in [0.25, 0.3) is 10.9 Å². The van der Waals surface area contributed by atoms with Gasteiger partial charge in [-0.25, -0.2) is 0 Å². The van der Waals surface area contributed by atoms with E-state index >= 15 is 0 Å². The molecule has 126 valence electrons. The van der Waals surface area contributed by atoms with E-state index in [9.17, 15) is 4.79 Å². The molecule has 0 aliphatic heterocycles. The van der Waals surface area contributed by atoms with Crippen LogP contribution >= 0.6 is 0 Å². The summed E-state index contributed by atoms with van der Waals surface area (Å²) in [7, 11) is 3.15. The van der Waals surface area contributed by atoms with Crippen molar-refractivity contribution in [1.29, 1.82) is 0 Å². The van der Waals surface area contributed by atoms with Gasteiger partial charge in [-0.3, -0.25) is 4.79 Å². The van der Waals surface area contributed by atoms with Gasteiger partial charge in [0.15, 0.2) is 11.5 Å². The molecule has 0 fully saturated rings. The zero-order valence-electron chi connectivity index (χ0n) is 13.9. The van der Waals surface area contributed by atoms with E-state index in [2.05, 4.69) is 10.3 Å². The Hall–Kier alpha value is -2.73. The average Bonchev–Trinajstić information content (AvgIpc) is 2.99. The van der Waals surface area contributed by atoms with E-state index < -0.39 is 0 Å². The minimum absolute atomic E-state index is 0.127. The molecular formula is C18H20N2O4. The van der Waals surface area contributed by atoms with Gasteiger partial charge >= 0.3 is 0 Å². The highest BCUT2D eigenvalue weighted by molar-refractivity contribution is 5.83. The Morgan fingerprint density at radius 2 is 1.83 bits per heavy atom. The zero-order chi connectivity index (χ0) is 17.1. The van der Waals surface area contributed by atoms with E-state index in [4.69, 9.17) is 13.9 Å². The van der Waals surface area contributed by atoms with E-state index in [1.165, 1.54) is 0 Å². The maximum absolute atomic E-state index is 12.2. The highest BCUT2D eigenvalue weighted by atomic mass is 16.5. The standard InChI is InChI=1S/C18H20N2O4/c1-11-4-5-14(24-11)10-19-9-13-6-12-7-16(22-2)17(23-3)8-15(12)20-18(13)21/h4-8,19H,9-10H2,1-3H3,(H,20,21). The number of nitrogens with one attached hydrogen (secondary N) is 2. The molecule has 0 bridgehead atoms. The number of fused-ring (bicyclic) bond motifs is 1. The highest BCUT2D eigenvalue weighted by Gasteiger charge is 2.09. The molecule has 0 atom stereocenters. The quantitative estimate of drug-likeness (QED) is 0.727. The summed E-state index contributed by atoms with van der Waals surface area (Å²) in [4.78, 5) is 15.1. The predicted octanol–water partition coefficient (Wildman–Crippen LogP) is 2.74. The first-order chi connectivity index (χ1) is 11.6. The number of H-pyrrole nitrogens is 1. The molecule has 6 heteroatoms. The minimum atomic E-state index is -0.127. The van der Waals surface area contributed by atoms with Crippen molar-refractivity contribution in [2.75, 3.05) is 14.2 Å². The molecule has 0 saturated heterocycles. The number of benzene rings is 1. The Balaban J connectivity index is 1.82. The molecule has 0 aliphatic rings. The minimum Gasteiger partial charge on any atom is -0.493 e. The molecule has 0 amide bonds. The number of methoxy groups -OCH3 is 2. The van der Waals surface area contributed by atoms with E-state index in [-0.39, 0.29) is 5.56 Å². The summed E-state index contributed by atoms with van der Waals surface area (Å²) in [5.41, 5.74) is 1.24. The third-order valence-electron chi connectivity index (χ3n) is 3.84. The number of aromatic nitrogens is 1. The largest absolute Gasteiger partial charge is 0.493 e. The average molecular weight is 328 g/mol. The number of pyridine rings is 1. The first kappa shape index (κ1) is 16.1. The lowest BCUT2D eigenvalue weighted by Gasteiger charge is -2.10. The van der Waals surface area contributed by atoms with Crippen molar-refractivity contribution < 1.29 is 13.9 Å². The summed E-state index contributed by atoms with van der Waals surface area (Å²) in [6.07, 6.45) is 0. The summed E-state index contributed by atoms with van der Waals surface area (Å²) in [5.74, 6) is 2.93. The van der Waals surface area contributed by atoms with Gasteiger partial charge in [0.25, 0.3) is 5.56 Å². The second kappa shape index (κ2) is 6.80. The Morgan fingerprint density at radius 3 is 2.50 bits per heavy atom. The topological polar surface area (TPSA) is 76.5 Å². The zero-order valence-corrected chi connectivity index (χ0v) is 13.9. The second-order valence-electron chi connectivity index (χ2n) is 5.53. The molecule has 0 spiro atoms. The maximum Gasteiger partial charge on any atom is 0.252 e. The van der Waals surface area contributed by atoms with Gasteiger partial charge in [-0.05, 0) is 31.2 Å². The van der Waals surface area contributed by atoms with Crippen LogP contribution < -0.4 is 20.3 Å². The SMILES string of the molecule is COc1cc2cc(CNCc3ccc(C)o3)c(=O)[nH]c2cc1OC.